The third-order valence-corrected chi connectivity index (χ3v) is 3.71. The zero-order chi connectivity index (χ0) is 13.8. The number of nitrogens with zero attached hydrogens (tertiary/aromatic N) is 1. The number of hydrogen-bond acceptors (Lipinski definition) is 3. The van der Waals surface area contributed by atoms with E-state index in [2.05, 4.69) is 42.3 Å². The number of pyridine rings is 1. The number of nitrogens with two attached hydrogens (primary N) is 1. The molecule has 0 saturated heterocycles. The Hall–Kier alpha value is -0.820. The van der Waals surface area contributed by atoms with Gasteiger partial charge in [0.25, 0.3) is 0 Å². The molecule has 3 N–H and O–H groups in total. The second-order valence-electron chi connectivity index (χ2n) is 4.06. The molecule has 0 aliphatic carbocycles. The van der Waals surface area contributed by atoms with Gasteiger partial charge in [-0.05, 0) is 52.2 Å². The van der Waals surface area contributed by atoms with E-state index in [9.17, 15) is 4.39 Å². The van der Waals surface area contributed by atoms with Crippen LogP contribution >= 0.6 is 31.9 Å². The molecule has 0 fully saturated rings. The van der Waals surface area contributed by atoms with Gasteiger partial charge in [-0.1, -0.05) is 22.0 Å². The van der Waals surface area contributed by atoms with Crippen LogP contribution < -0.4 is 11.3 Å². The lowest BCUT2D eigenvalue weighted by Gasteiger charge is -2.16. The van der Waals surface area contributed by atoms with Gasteiger partial charge in [-0.2, -0.15) is 0 Å². The summed E-state index contributed by atoms with van der Waals surface area (Å²) in [4.78, 5) is 4.27. The van der Waals surface area contributed by atoms with Gasteiger partial charge in [0.1, 0.15) is 5.82 Å². The van der Waals surface area contributed by atoms with Gasteiger partial charge in [-0.15, -0.1) is 0 Å². The van der Waals surface area contributed by atoms with Crippen LogP contribution in [0.2, 0.25) is 0 Å². The van der Waals surface area contributed by atoms with Gasteiger partial charge in [0.2, 0.25) is 0 Å². The van der Waals surface area contributed by atoms with Crippen molar-refractivity contribution in [2.24, 2.45) is 5.84 Å². The summed E-state index contributed by atoms with van der Waals surface area (Å²) < 4.78 is 15.4. The van der Waals surface area contributed by atoms with E-state index in [1.807, 2.05) is 12.1 Å². The average Bonchev–Trinajstić information content (AvgIpc) is 2.39. The Balaban J connectivity index is 2.21. The predicted octanol–water partition coefficient (Wildman–Crippen LogP) is 3.49. The minimum Gasteiger partial charge on any atom is -0.271 e. The summed E-state index contributed by atoms with van der Waals surface area (Å²) in [6, 6.07) is 8.49. The first-order chi connectivity index (χ1) is 9.10. The van der Waals surface area contributed by atoms with E-state index in [4.69, 9.17) is 5.84 Å². The normalized spacial score (nSPS) is 12.4. The van der Waals surface area contributed by atoms with Crippen molar-refractivity contribution in [3.05, 3.63) is 62.5 Å². The summed E-state index contributed by atoms with van der Waals surface area (Å²) in [5.41, 5.74) is 4.04. The van der Waals surface area contributed by atoms with E-state index in [1.54, 1.807) is 18.3 Å². The number of hydrogen-bond donors (Lipinski definition) is 2. The van der Waals surface area contributed by atoms with Crippen molar-refractivity contribution in [3.63, 3.8) is 0 Å². The first-order valence-electron chi connectivity index (χ1n) is 5.61. The summed E-state index contributed by atoms with van der Waals surface area (Å²) >= 11 is 6.56. The molecule has 0 radical (unpaired) electrons. The van der Waals surface area contributed by atoms with Crippen molar-refractivity contribution in [1.82, 2.24) is 10.4 Å². The first kappa shape index (κ1) is 14.6. The monoisotopic (exact) mass is 387 g/mol. The van der Waals surface area contributed by atoms with E-state index in [-0.39, 0.29) is 11.9 Å². The van der Waals surface area contributed by atoms with Crippen molar-refractivity contribution < 1.29 is 4.39 Å². The SMILES string of the molecule is NNC(Cc1ccc(Br)cc1F)c1ccc(Br)cn1. The molecule has 6 heteroatoms. The maximum absolute atomic E-state index is 13.8. The summed E-state index contributed by atoms with van der Waals surface area (Å²) in [5, 5.41) is 0. The largest absolute Gasteiger partial charge is 0.271 e. The molecule has 0 aliphatic heterocycles. The van der Waals surface area contributed by atoms with Crippen molar-refractivity contribution >= 4 is 31.9 Å². The maximum Gasteiger partial charge on any atom is 0.127 e. The molecule has 1 heterocycles. The Morgan fingerprint density at radius 1 is 1.21 bits per heavy atom. The Labute approximate surface area is 127 Å². The third-order valence-electron chi connectivity index (χ3n) is 2.75. The Kier molecular flexibility index (Phi) is 5.04. The molecule has 0 amide bonds. The lowest BCUT2D eigenvalue weighted by atomic mass is 10.0. The second-order valence-corrected chi connectivity index (χ2v) is 5.89. The Morgan fingerprint density at radius 3 is 2.53 bits per heavy atom. The van der Waals surface area contributed by atoms with Crippen LogP contribution in [-0.4, -0.2) is 4.98 Å². The molecule has 0 saturated carbocycles. The van der Waals surface area contributed by atoms with Gasteiger partial charge in [-0.25, -0.2) is 4.39 Å². The molecule has 0 spiro atoms. The Morgan fingerprint density at radius 2 is 1.95 bits per heavy atom. The van der Waals surface area contributed by atoms with E-state index >= 15 is 0 Å². The number of hydrazine groups is 1. The first-order valence-corrected chi connectivity index (χ1v) is 7.20. The van der Waals surface area contributed by atoms with E-state index in [0.29, 0.717) is 16.5 Å². The van der Waals surface area contributed by atoms with E-state index in [0.717, 1.165) is 10.2 Å². The fourth-order valence-electron chi connectivity index (χ4n) is 1.75. The van der Waals surface area contributed by atoms with Crippen molar-refractivity contribution in [2.75, 3.05) is 0 Å². The van der Waals surface area contributed by atoms with Crippen LogP contribution in [0.3, 0.4) is 0 Å². The highest BCUT2D eigenvalue weighted by molar-refractivity contribution is 9.10. The van der Waals surface area contributed by atoms with Gasteiger partial charge in [0, 0.05) is 15.1 Å². The van der Waals surface area contributed by atoms with Crippen LogP contribution in [0.25, 0.3) is 0 Å². The number of halogens is 3. The molecule has 1 aromatic carbocycles. The van der Waals surface area contributed by atoms with Gasteiger partial charge >= 0.3 is 0 Å². The summed E-state index contributed by atoms with van der Waals surface area (Å²) in [5.74, 6) is 5.28. The average molecular weight is 389 g/mol. The van der Waals surface area contributed by atoms with Crippen LogP contribution in [0.4, 0.5) is 4.39 Å². The molecule has 2 rings (SSSR count). The van der Waals surface area contributed by atoms with Gasteiger partial charge in [0.15, 0.2) is 0 Å². The maximum atomic E-state index is 13.8. The lowest BCUT2D eigenvalue weighted by Crippen LogP contribution is -2.30. The molecule has 19 heavy (non-hydrogen) atoms. The van der Waals surface area contributed by atoms with E-state index < -0.39 is 0 Å². The summed E-state index contributed by atoms with van der Waals surface area (Å²) in [7, 11) is 0. The van der Waals surface area contributed by atoms with Crippen molar-refractivity contribution in [1.29, 1.82) is 0 Å². The van der Waals surface area contributed by atoms with Crippen molar-refractivity contribution in [2.45, 2.75) is 12.5 Å². The lowest BCUT2D eigenvalue weighted by molar-refractivity contribution is 0.518. The van der Waals surface area contributed by atoms with E-state index in [1.165, 1.54) is 6.07 Å². The zero-order valence-corrected chi connectivity index (χ0v) is 13.1. The molecule has 100 valence electrons. The molecule has 1 aromatic heterocycles. The topological polar surface area (TPSA) is 50.9 Å². The molecule has 1 unspecified atom stereocenters. The molecule has 0 bridgehead atoms. The summed E-state index contributed by atoms with van der Waals surface area (Å²) in [6.07, 6.45) is 2.13. The molecule has 1 atom stereocenters. The standard InChI is InChI=1S/C13H12Br2FN3/c14-9-2-1-8(11(16)6-9)5-13(19-17)12-4-3-10(15)7-18-12/h1-4,6-7,13,19H,5,17H2. The molecule has 2 aromatic rings. The fraction of sp³-hybridized carbons (Fsp3) is 0.154. The Bertz CT molecular complexity index is 560. The van der Waals surface area contributed by atoms with Crippen LogP contribution in [0.5, 0.6) is 0 Å². The smallest absolute Gasteiger partial charge is 0.127 e. The molecular weight excluding hydrogens is 377 g/mol. The van der Waals surface area contributed by atoms with Crippen LogP contribution in [0, 0.1) is 5.82 Å². The van der Waals surface area contributed by atoms with Gasteiger partial charge in [-0.3, -0.25) is 16.3 Å². The number of aromatic nitrogens is 1. The molecular formula is C13H12Br2FN3. The van der Waals surface area contributed by atoms with Crippen molar-refractivity contribution in [3.8, 4) is 0 Å². The minimum atomic E-state index is -0.258. The second kappa shape index (κ2) is 6.56. The van der Waals surface area contributed by atoms with Gasteiger partial charge in [0.05, 0.1) is 11.7 Å². The highest BCUT2D eigenvalue weighted by Gasteiger charge is 2.14. The van der Waals surface area contributed by atoms with Crippen LogP contribution in [0.1, 0.15) is 17.3 Å². The summed E-state index contributed by atoms with van der Waals surface area (Å²) in [6.45, 7) is 0. The van der Waals surface area contributed by atoms with Crippen LogP contribution in [0.15, 0.2) is 45.5 Å². The highest BCUT2D eigenvalue weighted by atomic mass is 79.9. The number of nitrogens with one attached hydrogen (secondary N) is 1. The fourth-order valence-corrected chi connectivity index (χ4v) is 2.32. The zero-order valence-electron chi connectivity index (χ0n) is 9.91. The molecule has 3 nitrogen and oxygen atoms in total. The number of benzene rings is 1. The van der Waals surface area contributed by atoms with Crippen LogP contribution in [-0.2, 0) is 6.42 Å². The quantitative estimate of drug-likeness (QED) is 0.622. The van der Waals surface area contributed by atoms with Gasteiger partial charge < -0.3 is 0 Å². The minimum absolute atomic E-state index is 0.233. The number of rotatable bonds is 4. The highest BCUT2D eigenvalue weighted by Crippen LogP contribution is 2.21. The molecule has 0 aliphatic rings. The third kappa shape index (κ3) is 3.82. The predicted molar refractivity (Wildman–Crippen MR) is 79.8 cm³/mol.